The van der Waals surface area contributed by atoms with Gasteiger partial charge in [-0.15, -0.1) is 11.3 Å². The van der Waals surface area contributed by atoms with Crippen LogP contribution in [0.5, 0.6) is 0 Å². The molecule has 0 spiro atoms. The molecule has 0 atom stereocenters. The van der Waals surface area contributed by atoms with Gasteiger partial charge in [-0.1, -0.05) is 18.2 Å². The average Bonchev–Trinajstić information content (AvgIpc) is 3.41. The van der Waals surface area contributed by atoms with Gasteiger partial charge in [0, 0.05) is 23.7 Å². The number of carbonyl (C=O) groups is 4. The number of amides is 4. The maximum Gasteiger partial charge on any atom is 0.262 e. The lowest BCUT2D eigenvalue weighted by molar-refractivity contribution is -0.121. The molecule has 166 valence electrons. The van der Waals surface area contributed by atoms with Gasteiger partial charge in [0.2, 0.25) is 11.8 Å². The molecule has 3 heterocycles. The van der Waals surface area contributed by atoms with E-state index in [2.05, 4.69) is 10.3 Å². The number of benzene rings is 2. The molecule has 0 aliphatic carbocycles. The number of thiazole rings is 1. The van der Waals surface area contributed by atoms with Crippen molar-refractivity contribution in [3.8, 4) is 11.3 Å². The highest BCUT2D eigenvalue weighted by Crippen LogP contribution is 2.42. The quantitative estimate of drug-likeness (QED) is 0.603. The van der Waals surface area contributed by atoms with Crippen LogP contribution in [0.4, 0.5) is 10.8 Å². The summed E-state index contributed by atoms with van der Waals surface area (Å²) in [5, 5.41) is 4.84. The van der Waals surface area contributed by atoms with Gasteiger partial charge in [-0.2, -0.15) is 0 Å². The zero-order chi connectivity index (χ0) is 23.5. The van der Waals surface area contributed by atoms with E-state index < -0.39 is 23.1 Å². The number of likely N-dealkylation sites (N-methyl/N-ethyl adjacent to an activating group) is 1. The van der Waals surface area contributed by atoms with Crippen molar-refractivity contribution in [3.05, 3.63) is 64.5 Å². The molecule has 33 heavy (non-hydrogen) atoms. The highest BCUT2D eigenvalue weighted by molar-refractivity contribution is 7.14. The van der Waals surface area contributed by atoms with Crippen molar-refractivity contribution in [1.29, 1.82) is 0 Å². The second kappa shape index (κ2) is 7.35. The summed E-state index contributed by atoms with van der Waals surface area (Å²) < 4.78 is 0. The van der Waals surface area contributed by atoms with Crippen LogP contribution in [0.3, 0.4) is 0 Å². The Morgan fingerprint density at radius 3 is 2.39 bits per heavy atom. The summed E-state index contributed by atoms with van der Waals surface area (Å²) in [4.78, 5) is 57.1. The standard InChI is InChI=1S/C24H20N4O4S/c1-24(2)16-10-13(8-9-18(16)27(3)22(24)32)17-12-33-23(25-17)26-19(29)11-28-20(30)14-6-4-5-7-15(14)21(28)31/h4-10,12H,11H2,1-3H3,(H,25,26,29). The van der Waals surface area contributed by atoms with Crippen molar-refractivity contribution in [3.63, 3.8) is 0 Å². The molecule has 0 fully saturated rings. The van der Waals surface area contributed by atoms with Gasteiger partial charge in [-0.3, -0.25) is 24.1 Å². The van der Waals surface area contributed by atoms with Crippen LogP contribution in [0.1, 0.15) is 40.1 Å². The van der Waals surface area contributed by atoms with Gasteiger partial charge in [0.15, 0.2) is 5.13 Å². The summed E-state index contributed by atoms with van der Waals surface area (Å²) in [7, 11) is 1.76. The van der Waals surface area contributed by atoms with Gasteiger partial charge in [-0.25, -0.2) is 4.98 Å². The van der Waals surface area contributed by atoms with Crippen LogP contribution < -0.4 is 10.2 Å². The first kappa shape index (κ1) is 21.0. The lowest BCUT2D eigenvalue weighted by Crippen LogP contribution is -2.37. The summed E-state index contributed by atoms with van der Waals surface area (Å²) >= 11 is 1.25. The van der Waals surface area contributed by atoms with Crippen molar-refractivity contribution < 1.29 is 19.2 Å². The lowest BCUT2D eigenvalue weighted by atomic mass is 9.85. The highest BCUT2D eigenvalue weighted by Gasteiger charge is 2.42. The second-order valence-corrected chi connectivity index (χ2v) is 9.41. The van der Waals surface area contributed by atoms with Crippen molar-refractivity contribution in [2.75, 3.05) is 23.8 Å². The average molecular weight is 461 g/mol. The molecule has 0 unspecified atom stereocenters. The normalized spacial score (nSPS) is 16.3. The fourth-order valence-electron chi connectivity index (χ4n) is 4.28. The Labute approximate surface area is 193 Å². The van der Waals surface area contributed by atoms with Crippen molar-refractivity contribution in [2.45, 2.75) is 19.3 Å². The van der Waals surface area contributed by atoms with Crippen LogP contribution in [-0.2, 0) is 15.0 Å². The van der Waals surface area contributed by atoms with Gasteiger partial charge >= 0.3 is 0 Å². The van der Waals surface area contributed by atoms with Crippen LogP contribution in [-0.4, -0.2) is 47.1 Å². The first-order valence-electron chi connectivity index (χ1n) is 10.3. The maximum atomic E-state index is 12.5. The number of hydrogen-bond acceptors (Lipinski definition) is 6. The van der Waals surface area contributed by atoms with E-state index >= 15 is 0 Å². The van der Waals surface area contributed by atoms with E-state index in [0.29, 0.717) is 22.0 Å². The molecule has 8 nitrogen and oxygen atoms in total. The number of nitrogens with zero attached hydrogens (tertiary/aromatic N) is 3. The molecule has 2 aliphatic rings. The molecule has 5 rings (SSSR count). The molecule has 0 saturated carbocycles. The summed E-state index contributed by atoms with van der Waals surface area (Å²) in [6.07, 6.45) is 0. The second-order valence-electron chi connectivity index (χ2n) is 8.55. The topological polar surface area (TPSA) is 99.7 Å². The Kier molecular flexibility index (Phi) is 4.68. The first-order valence-corrected chi connectivity index (χ1v) is 11.2. The fraction of sp³-hybridized carbons (Fsp3) is 0.208. The largest absolute Gasteiger partial charge is 0.314 e. The molecule has 0 radical (unpaired) electrons. The number of fused-ring (bicyclic) bond motifs is 2. The number of aromatic nitrogens is 1. The zero-order valence-electron chi connectivity index (χ0n) is 18.2. The Bertz CT molecular complexity index is 1320. The number of anilines is 2. The minimum absolute atomic E-state index is 0.0361. The van der Waals surface area contributed by atoms with E-state index in [1.807, 2.05) is 37.4 Å². The molecular formula is C24H20N4O4S. The van der Waals surface area contributed by atoms with Crippen LogP contribution in [0, 0.1) is 0 Å². The maximum absolute atomic E-state index is 12.5. The lowest BCUT2D eigenvalue weighted by Gasteiger charge is -2.16. The monoisotopic (exact) mass is 460 g/mol. The summed E-state index contributed by atoms with van der Waals surface area (Å²) in [5.41, 5.74) is 3.28. The molecule has 4 amide bonds. The van der Waals surface area contributed by atoms with Crippen LogP contribution in [0.25, 0.3) is 11.3 Å². The van der Waals surface area contributed by atoms with E-state index in [9.17, 15) is 19.2 Å². The van der Waals surface area contributed by atoms with E-state index in [1.165, 1.54) is 11.3 Å². The van der Waals surface area contributed by atoms with Crippen LogP contribution >= 0.6 is 11.3 Å². The summed E-state index contributed by atoms with van der Waals surface area (Å²) in [5.74, 6) is -1.43. The zero-order valence-corrected chi connectivity index (χ0v) is 19.0. The molecular weight excluding hydrogens is 440 g/mol. The van der Waals surface area contributed by atoms with Crippen molar-refractivity contribution >= 4 is 45.8 Å². The van der Waals surface area contributed by atoms with Gasteiger partial charge in [0.1, 0.15) is 6.54 Å². The Morgan fingerprint density at radius 1 is 1.06 bits per heavy atom. The van der Waals surface area contributed by atoms with Crippen LogP contribution in [0.2, 0.25) is 0 Å². The summed E-state index contributed by atoms with van der Waals surface area (Å²) in [6, 6.07) is 12.3. The van der Waals surface area contributed by atoms with E-state index in [0.717, 1.165) is 21.7 Å². The van der Waals surface area contributed by atoms with Gasteiger partial charge < -0.3 is 10.2 Å². The SMILES string of the molecule is CN1C(=O)C(C)(C)c2cc(-c3csc(NC(=O)CN4C(=O)c5ccccc5C4=O)n3)ccc21. The predicted octanol–water partition coefficient (Wildman–Crippen LogP) is 3.30. The van der Waals surface area contributed by atoms with Crippen molar-refractivity contribution in [1.82, 2.24) is 9.88 Å². The van der Waals surface area contributed by atoms with Crippen LogP contribution in [0.15, 0.2) is 47.8 Å². The number of imide groups is 1. The highest BCUT2D eigenvalue weighted by atomic mass is 32.1. The first-order chi connectivity index (χ1) is 15.7. The number of rotatable bonds is 4. The number of nitrogens with one attached hydrogen (secondary N) is 1. The minimum Gasteiger partial charge on any atom is -0.314 e. The molecule has 9 heteroatoms. The van der Waals surface area contributed by atoms with E-state index in [-0.39, 0.29) is 12.5 Å². The fourth-order valence-corrected chi connectivity index (χ4v) is 5.02. The van der Waals surface area contributed by atoms with Gasteiger partial charge in [0.05, 0.1) is 22.2 Å². The van der Waals surface area contributed by atoms with Gasteiger partial charge in [-0.05, 0) is 43.7 Å². The molecule has 3 aromatic rings. The molecule has 0 bridgehead atoms. The van der Waals surface area contributed by atoms with Crippen molar-refractivity contribution in [2.24, 2.45) is 0 Å². The number of hydrogen-bond donors (Lipinski definition) is 1. The molecule has 2 aromatic carbocycles. The van der Waals surface area contributed by atoms with E-state index in [4.69, 9.17) is 0 Å². The Balaban J connectivity index is 1.31. The summed E-state index contributed by atoms with van der Waals surface area (Å²) in [6.45, 7) is 3.41. The Hall–Kier alpha value is -3.85. The third-order valence-electron chi connectivity index (χ3n) is 6.10. The molecule has 0 saturated heterocycles. The minimum atomic E-state index is -0.625. The molecule has 1 N–H and O–H groups in total. The molecule has 1 aromatic heterocycles. The predicted molar refractivity (Wildman–Crippen MR) is 124 cm³/mol. The smallest absolute Gasteiger partial charge is 0.262 e. The van der Waals surface area contributed by atoms with E-state index in [1.54, 1.807) is 36.2 Å². The molecule has 2 aliphatic heterocycles. The number of carbonyl (C=O) groups excluding carboxylic acids is 4. The Morgan fingerprint density at radius 2 is 1.73 bits per heavy atom. The third kappa shape index (κ3) is 3.23. The van der Waals surface area contributed by atoms with Gasteiger partial charge in [0.25, 0.3) is 11.8 Å². The third-order valence-corrected chi connectivity index (χ3v) is 6.85.